The van der Waals surface area contributed by atoms with Gasteiger partial charge in [-0.25, -0.2) is 8.42 Å². The average Bonchev–Trinajstić information content (AvgIpc) is 2.98. The van der Waals surface area contributed by atoms with Crippen molar-refractivity contribution in [1.82, 2.24) is 19.0 Å². The highest BCUT2D eigenvalue weighted by Gasteiger charge is 2.41. The van der Waals surface area contributed by atoms with Crippen molar-refractivity contribution in [1.29, 1.82) is 0 Å². The standard InChI is InChI=1S/C32H48N4O5S/c1-26-23-29(40-5)24-27(2)31(26)42(38,39)34(4)21-22-41-25-30(37)35-15-13-32(14-16-35,36-19-17-33(3)18-20-36)12-11-28-9-7-6-8-10-28/h6-10,23-24H,11-22,25H2,1-5H3. The Balaban J connectivity index is 1.28. The number of benzene rings is 2. The van der Waals surface area contributed by atoms with Crippen LogP contribution >= 0.6 is 0 Å². The van der Waals surface area contributed by atoms with Gasteiger partial charge in [0, 0.05) is 58.4 Å². The molecule has 2 aromatic carbocycles. The summed E-state index contributed by atoms with van der Waals surface area (Å²) in [6.45, 7) is 9.51. The van der Waals surface area contributed by atoms with Crippen LogP contribution in [0.25, 0.3) is 0 Å². The van der Waals surface area contributed by atoms with Crippen molar-refractivity contribution in [3.05, 3.63) is 59.2 Å². The molecule has 0 aliphatic carbocycles. The van der Waals surface area contributed by atoms with Gasteiger partial charge in [-0.3, -0.25) is 9.69 Å². The van der Waals surface area contributed by atoms with E-state index in [1.54, 1.807) is 40.1 Å². The molecule has 2 aliphatic rings. The zero-order chi connectivity index (χ0) is 30.3. The maximum absolute atomic E-state index is 13.2. The molecule has 2 aliphatic heterocycles. The number of hydrogen-bond acceptors (Lipinski definition) is 7. The summed E-state index contributed by atoms with van der Waals surface area (Å²) in [5.74, 6) is 0.598. The number of carbonyl (C=O) groups excluding carboxylic acids is 1. The van der Waals surface area contributed by atoms with Gasteiger partial charge in [0.2, 0.25) is 15.9 Å². The van der Waals surface area contributed by atoms with Gasteiger partial charge in [0.15, 0.2) is 0 Å². The summed E-state index contributed by atoms with van der Waals surface area (Å²) in [5.41, 5.74) is 2.73. The number of amides is 1. The van der Waals surface area contributed by atoms with Crippen LogP contribution in [-0.2, 0) is 26.0 Å². The first-order valence-electron chi connectivity index (χ1n) is 15.0. The fourth-order valence-corrected chi connectivity index (χ4v) is 7.91. The predicted molar refractivity (Wildman–Crippen MR) is 165 cm³/mol. The van der Waals surface area contributed by atoms with Crippen molar-refractivity contribution in [2.24, 2.45) is 0 Å². The molecule has 9 nitrogen and oxygen atoms in total. The van der Waals surface area contributed by atoms with Crippen LogP contribution in [0, 0.1) is 13.8 Å². The Bertz CT molecular complexity index is 1260. The first-order chi connectivity index (χ1) is 20.1. The van der Waals surface area contributed by atoms with Gasteiger partial charge in [0.1, 0.15) is 12.4 Å². The number of methoxy groups -OCH3 is 1. The Labute approximate surface area is 252 Å². The molecule has 2 heterocycles. The smallest absolute Gasteiger partial charge is 0.248 e. The highest BCUT2D eigenvalue weighted by molar-refractivity contribution is 7.89. The first kappa shape index (κ1) is 32.4. The van der Waals surface area contributed by atoms with Crippen LogP contribution < -0.4 is 4.74 Å². The van der Waals surface area contributed by atoms with Crippen molar-refractivity contribution < 1.29 is 22.7 Å². The van der Waals surface area contributed by atoms with Gasteiger partial charge < -0.3 is 19.3 Å². The van der Waals surface area contributed by atoms with E-state index in [9.17, 15) is 13.2 Å². The molecule has 0 saturated carbocycles. The number of aryl methyl sites for hydroxylation is 3. The Kier molecular flexibility index (Phi) is 11.0. The van der Waals surface area contributed by atoms with Crippen LogP contribution in [0.1, 0.15) is 36.0 Å². The molecule has 0 spiro atoms. The number of ether oxygens (including phenoxy) is 2. The second-order valence-corrected chi connectivity index (χ2v) is 13.8. The number of sulfonamides is 1. The predicted octanol–water partition coefficient (Wildman–Crippen LogP) is 3.19. The third kappa shape index (κ3) is 7.71. The zero-order valence-corrected chi connectivity index (χ0v) is 26.8. The van der Waals surface area contributed by atoms with E-state index in [1.165, 1.54) is 9.87 Å². The summed E-state index contributed by atoms with van der Waals surface area (Å²) in [6.07, 6.45) is 4.04. The van der Waals surface area contributed by atoms with Gasteiger partial charge in [-0.2, -0.15) is 4.31 Å². The molecule has 10 heteroatoms. The number of piperidine rings is 1. The lowest BCUT2D eigenvalue weighted by atomic mass is 9.80. The van der Waals surface area contributed by atoms with Gasteiger partial charge in [-0.05, 0) is 75.4 Å². The minimum Gasteiger partial charge on any atom is -0.497 e. The van der Waals surface area contributed by atoms with E-state index in [4.69, 9.17) is 9.47 Å². The highest BCUT2D eigenvalue weighted by atomic mass is 32.2. The van der Waals surface area contributed by atoms with Crippen LogP contribution in [0.4, 0.5) is 0 Å². The quantitative estimate of drug-likeness (QED) is 0.346. The Morgan fingerprint density at radius 2 is 1.60 bits per heavy atom. The first-order valence-corrected chi connectivity index (χ1v) is 16.4. The van der Waals surface area contributed by atoms with Crippen molar-refractivity contribution in [3.8, 4) is 5.75 Å². The van der Waals surface area contributed by atoms with Crippen molar-refractivity contribution in [2.75, 3.05) is 80.2 Å². The highest BCUT2D eigenvalue weighted by Crippen LogP contribution is 2.34. The van der Waals surface area contributed by atoms with E-state index in [2.05, 4.69) is 47.2 Å². The minimum atomic E-state index is -3.70. The molecule has 1 amide bonds. The topological polar surface area (TPSA) is 82.6 Å². The van der Waals surface area contributed by atoms with E-state index >= 15 is 0 Å². The summed E-state index contributed by atoms with van der Waals surface area (Å²) in [6, 6.07) is 14.1. The molecule has 0 bridgehead atoms. The summed E-state index contributed by atoms with van der Waals surface area (Å²) >= 11 is 0. The SMILES string of the molecule is COc1cc(C)c(S(=O)(=O)N(C)CCOCC(=O)N2CCC(CCc3ccccc3)(N3CCN(C)CC3)CC2)c(C)c1. The number of piperazine rings is 1. The number of hydrogen-bond donors (Lipinski definition) is 0. The Hall–Kier alpha value is -2.50. The van der Waals surface area contributed by atoms with Gasteiger partial charge in [0.05, 0.1) is 18.6 Å². The van der Waals surface area contributed by atoms with Crippen LogP contribution in [0.5, 0.6) is 5.75 Å². The van der Waals surface area contributed by atoms with Gasteiger partial charge in [0.25, 0.3) is 0 Å². The lowest BCUT2D eigenvalue weighted by Gasteiger charge is -2.51. The summed E-state index contributed by atoms with van der Waals surface area (Å²) in [5, 5.41) is 0. The molecule has 0 unspecified atom stereocenters. The molecule has 232 valence electrons. The largest absolute Gasteiger partial charge is 0.497 e. The number of rotatable bonds is 12. The minimum absolute atomic E-state index is 0.0302. The second kappa shape index (κ2) is 14.3. The molecule has 4 rings (SSSR count). The van der Waals surface area contributed by atoms with Crippen molar-refractivity contribution in [2.45, 2.75) is 50.0 Å². The number of nitrogens with zero attached hydrogens (tertiary/aromatic N) is 4. The van der Waals surface area contributed by atoms with Gasteiger partial charge >= 0.3 is 0 Å². The second-order valence-electron chi connectivity index (χ2n) is 11.9. The van der Waals surface area contributed by atoms with E-state index in [-0.39, 0.29) is 36.1 Å². The van der Waals surface area contributed by atoms with Crippen LogP contribution in [0.3, 0.4) is 0 Å². The number of likely N-dealkylation sites (tertiary alicyclic amines) is 1. The normalized spacial score (nSPS) is 18.4. The zero-order valence-electron chi connectivity index (χ0n) is 26.0. The number of carbonyl (C=O) groups is 1. The van der Waals surface area contributed by atoms with Gasteiger partial charge in [-0.15, -0.1) is 0 Å². The Morgan fingerprint density at radius 3 is 2.19 bits per heavy atom. The fourth-order valence-electron chi connectivity index (χ4n) is 6.35. The summed E-state index contributed by atoms with van der Waals surface area (Å²) in [7, 11) is 1.59. The average molecular weight is 601 g/mol. The molecule has 42 heavy (non-hydrogen) atoms. The lowest BCUT2D eigenvalue weighted by Crippen LogP contribution is -2.61. The molecular weight excluding hydrogens is 552 g/mol. The van der Waals surface area contributed by atoms with E-state index in [0.717, 1.165) is 51.9 Å². The van der Waals surface area contributed by atoms with Crippen LogP contribution in [0.2, 0.25) is 0 Å². The van der Waals surface area contributed by atoms with Crippen LogP contribution in [0.15, 0.2) is 47.4 Å². The maximum Gasteiger partial charge on any atom is 0.248 e. The molecule has 2 aromatic rings. The van der Waals surface area contributed by atoms with Crippen molar-refractivity contribution >= 4 is 15.9 Å². The molecule has 2 saturated heterocycles. The van der Waals surface area contributed by atoms with Crippen molar-refractivity contribution in [3.63, 3.8) is 0 Å². The fraction of sp³-hybridized carbons (Fsp3) is 0.594. The molecule has 0 N–H and O–H groups in total. The summed E-state index contributed by atoms with van der Waals surface area (Å²) in [4.78, 5) is 20.3. The monoisotopic (exact) mass is 600 g/mol. The van der Waals surface area contributed by atoms with E-state index < -0.39 is 10.0 Å². The molecule has 0 aromatic heterocycles. The van der Waals surface area contributed by atoms with E-state index in [0.29, 0.717) is 30.0 Å². The molecular formula is C32H48N4O5S. The van der Waals surface area contributed by atoms with Crippen LogP contribution in [-0.4, -0.2) is 119 Å². The third-order valence-electron chi connectivity index (χ3n) is 9.06. The lowest BCUT2D eigenvalue weighted by molar-refractivity contribution is -0.139. The Morgan fingerprint density at radius 1 is 0.976 bits per heavy atom. The molecule has 2 fully saturated rings. The summed E-state index contributed by atoms with van der Waals surface area (Å²) < 4.78 is 38.8. The third-order valence-corrected chi connectivity index (χ3v) is 11.2. The molecule has 0 atom stereocenters. The van der Waals surface area contributed by atoms with E-state index in [1.807, 2.05) is 4.90 Å². The number of likely N-dealkylation sites (N-methyl/N-ethyl adjacent to an activating group) is 2. The molecule has 0 radical (unpaired) electrons. The van der Waals surface area contributed by atoms with Gasteiger partial charge in [-0.1, -0.05) is 30.3 Å². The maximum atomic E-state index is 13.2.